The van der Waals surface area contributed by atoms with E-state index in [0.717, 1.165) is 36.3 Å². The van der Waals surface area contributed by atoms with E-state index in [1.807, 2.05) is 41.1 Å². The van der Waals surface area contributed by atoms with Gasteiger partial charge in [0.05, 0.1) is 12.1 Å². The minimum Gasteiger partial charge on any atom is -0.480 e. The number of thioether (sulfide) groups is 1. The van der Waals surface area contributed by atoms with Crippen LogP contribution in [0.3, 0.4) is 0 Å². The number of hydrogen-bond acceptors (Lipinski definition) is 4. The Morgan fingerprint density at radius 1 is 1.28 bits per heavy atom. The summed E-state index contributed by atoms with van der Waals surface area (Å²) in [6, 6.07) is 8.03. The Labute approximate surface area is 154 Å². The van der Waals surface area contributed by atoms with Gasteiger partial charge in [-0.25, -0.2) is 0 Å². The predicted octanol–water partition coefficient (Wildman–Crippen LogP) is 3.20. The molecule has 0 radical (unpaired) electrons. The van der Waals surface area contributed by atoms with Crippen molar-refractivity contribution in [1.29, 1.82) is 0 Å². The third-order valence-corrected chi connectivity index (χ3v) is 5.55. The zero-order chi connectivity index (χ0) is 18.4. The monoisotopic (exact) mass is 364 g/mol. The lowest BCUT2D eigenvalue weighted by Crippen LogP contribution is -2.37. The molecule has 0 saturated carbocycles. The molecular formula is C19H28N2O3S. The first kappa shape index (κ1) is 19.8. The van der Waals surface area contributed by atoms with E-state index in [1.165, 1.54) is 0 Å². The van der Waals surface area contributed by atoms with E-state index in [2.05, 4.69) is 13.8 Å². The molecule has 6 heteroatoms. The minimum absolute atomic E-state index is 0.0481. The molecule has 1 aromatic carbocycles. The molecule has 1 saturated heterocycles. The molecule has 1 fully saturated rings. The lowest BCUT2D eigenvalue weighted by atomic mass is 10.1. The number of likely N-dealkylation sites (tertiary alicyclic amines) is 1. The van der Waals surface area contributed by atoms with E-state index in [9.17, 15) is 9.59 Å². The van der Waals surface area contributed by atoms with Gasteiger partial charge < -0.3 is 10.0 Å². The van der Waals surface area contributed by atoms with E-state index in [-0.39, 0.29) is 18.5 Å². The van der Waals surface area contributed by atoms with Crippen LogP contribution in [0.4, 0.5) is 0 Å². The second-order valence-electron chi connectivity index (χ2n) is 6.85. The molecule has 0 aromatic heterocycles. The van der Waals surface area contributed by atoms with Gasteiger partial charge in [0.15, 0.2) is 0 Å². The fourth-order valence-corrected chi connectivity index (χ4v) is 4.18. The zero-order valence-electron chi connectivity index (χ0n) is 15.3. The molecule has 5 nitrogen and oxygen atoms in total. The molecule has 25 heavy (non-hydrogen) atoms. The van der Waals surface area contributed by atoms with Gasteiger partial charge in [-0.05, 0) is 38.4 Å². The van der Waals surface area contributed by atoms with E-state index in [0.29, 0.717) is 11.8 Å². The van der Waals surface area contributed by atoms with Crippen molar-refractivity contribution < 1.29 is 14.7 Å². The largest absolute Gasteiger partial charge is 0.480 e. The van der Waals surface area contributed by atoms with Gasteiger partial charge in [0.25, 0.3) is 5.91 Å². The normalized spacial score (nSPS) is 18.4. The molecule has 1 aromatic rings. The number of carboxylic acid groups (broad SMARTS) is 1. The standard InChI is InChI=1S/C19H28N2O3S/c1-14(2)25-17-9-5-4-8-16(17)19(24)21-11-6-7-15(10-12-21)20(3)13-18(22)23/h4-5,8-9,14-15H,6-7,10-13H2,1-3H3,(H,22,23). The molecule has 1 N–H and O–H groups in total. The Morgan fingerprint density at radius 3 is 2.68 bits per heavy atom. The van der Waals surface area contributed by atoms with E-state index in [4.69, 9.17) is 5.11 Å². The fourth-order valence-electron chi connectivity index (χ4n) is 3.24. The first-order chi connectivity index (χ1) is 11.9. The summed E-state index contributed by atoms with van der Waals surface area (Å²) in [5, 5.41) is 9.39. The molecule has 0 spiro atoms. The molecule has 0 aliphatic carbocycles. The number of likely N-dealkylation sites (N-methyl/N-ethyl adjacent to an activating group) is 1. The third-order valence-electron chi connectivity index (χ3n) is 4.47. The predicted molar refractivity (Wildman–Crippen MR) is 101 cm³/mol. The number of benzene rings is 1. The van der Waals surface area contributed by atoms with Gasteiger partial charge in [0.2, 0.25) is 0 Å². The summed E-state index contributed by atoms with van der Waals surface area (Å²) in [5.41, 5.74) is 0.776. The number of amides is 1. The van der Waals surface area contributed by atoms with Crippen molar-refractivity contribution in [2.24, 2.45) is 0 Å². The van der Waals surface area contributed by atoms with Gasteiger partial charge >= 0.3 is 5.97 Å². The molecule has 138 valence electrons. The number of hydrogen-bond donors (Lipinski definition) is 1. The fraction of sp³-hybridized carbons (Fsp3) is 0.579. The van der Waals surface area contributed by atoms with Crippen molar-refractivity contribution in [3.63, 3.8) is 0 Å². The minimum atomic E-state index is -0.806. The number of rotatable bonds is 6. The summed E-state index contributed by atoms with van der Waals surface area (Å²) in [4.78, 5) is 28.8. The summed E-state index contributed by atoms with van der Waals surface area (Å²) < 4.78 is 0. The topological polar surface area (TPSA) is 60.9 Å². The molecular weight excluding hydrogens is 336 g/mol. The van der Waals surface area contributed by atoms with Gasteiger partial charge in [-0.15, -0.1) is 11.8 Å². The van der Waals surface area contributed by atoms with Gasteiger partial charge in [0.1, 0.15) is 0 Å². The van der Waals surface area contributed by atoms with Crippen molar-refractivity contribution in [1.82, 2.24) is 9.80 Å². The Morgan fingerprint density at radius 2 is 2.00 bits per heavy atom. The van der Waals surface area contributed by atoms with Gasteiger partial charge in [-0.1, -0.05) is 26.0 Å². The SMILES string of the molecule is CC(C)Sc1ccccc1C(=O)N1CCCC(N(C)CC(=O)O)CC1. The molecule has 1 aliphatic heterocycles. The highest BCUT2D eigenvalue weighted by atomic mass is 32.2. The highest BCUT2D eigenvalue weighted by Crippen LogP contribution is 2.28. The van der Waals surface area contributed by atoms with E-state index in [1.54, 1.807) is 11.8 Å². The molecule has 2 rings (SSSR count). The number of carboxylic acids is 1. The van der Waals surface area contributed by atoms with E-state index < -0.39 is 5.97 Å². The maximum absolute atomic E-state index is 13.0. The van der Waals surface area contributed by atoms with Crippen molar-refractivity contribution in [2.45, 2.75) is 49.3 Å². The Kier molecular flexibility index (Phi) is 7.32. The van der Waals surface area contributed by atoms with Crippen LogP contribution >= 0.6 is 11.8 Å². The quantitative estimate of drug-likeness (QED) is 0.786. The van der Waals surface area contributed by atoms with Crippen LogP contribution in [-0.2, 0) is 4.79 Å². The van der Waals surface area contributed by atoms with Crippen LogP contribution < -0.4 is 0 Å². The second-order valence-corrected chi connectivity index (χ2v) is 8.47. The van der Waals surface area contributed by atoms with Crippen molar-refractivity contribution in [2.75, 3.05) is 26.7 Å². The first-order valence-corrected chi connectivity index (χ1v) is 9.73. The smallest absolute Gasteiger partial charge is 0.317 e. The average molecular weight is 365 g/mol. The molecule has 1 atom stereocenters. The molecule has 1 aliphatic rings. The maximum atomic E-state index is 13.0. The van der Waals surface area contributed by atoms with E-state index >= 15 is 0 Å². The van der Waals surface area contributed by atoms with Crippen LogP contribution in [-0.4, -0.2) is 64.8 Å². The highest BCUT2D eigenvalue weighted by molar-refractivity contribution is 8.00. The van der Waals surface area contributed by atoms with Crippen molar-refractivity contribution in [3.05, 3.63) is 29.8 Å². The van der Waals surface area contributed by atoms with Gasteiger partial charge in [-0.2, -0.15) is 0 Å². The maximum Gasteiger partial charge on any atom is 0.317 e. The van der Waals surface area contributed by atoms with Crippen LogP contribution in [0.25, 0.3) is 0 Å². The number of aliphatic carboxylic acids is 1. The summed E-state index contributed by atoms with van der Waals surface area (Å²) in [7, 11) is 1.85. The summed E-state index contributed by atoms with van der Waals surface area (Å²) in [6.45, 7) is 5.71. The highest BCUT2D eigenvalue weighted by Gasteiger charge is 2.25. The molecule has 1 heterocycles. The molecule has 0 bridgehead atoms. The van der Waals surface area contributed by atoms with Gasteiger partial charge in [0, 0.05) is 29.3 Å². The van der Waals surface area contributed by atoms with Crippen LogP contribution in [0.2, 0.25) is 0 Å². The summed E-state index contributed by atoms with van der Waals surface area (Å²) >= 11 is 1.71. The Hall–Kier alpha value is -1.53. The first-order valence-electron chi connectivity index (χ1n) is 8.85. The lowest BCUT2D eigenvalue weighted by Gasteiger charge is -2.26. The van der Waals surface area contributed by atoms with Crippen molar-refractivity contribution >= 4 is 23.6 Å². The second kappa shape index (κ2) is 9.25. The number of carbonyl (C=O) groups is 2. The number of nitrogens with zero attached hydrogens (tertiary/aromatic N) is 2. The zero-order valence-corrected chi connectivity index (χ0v) is 16.1. The van der Waals surface area contributed by atoms with Crippen LogP contribution in [0.5, 0.6) is 0 Å². The summed E-state index contributed by atoms with van der Waals surface area (Å²) in [5.74, 6) is -0.718. The summed E-state index contributed by atoms with van der Waals surface area (Å²) in [6.07, 6.45) is 2.64. The van der Waals surface area contributed by atoms with Crippen LogP contribution in [0.15, 0.2) is 29.2 Å². The van der Waals surface area contributed by atoms with Crippen molar-refractivity contribution in [3.8, 4) is 0 Å². The van der Waals surface area contributed by atoms with Crippen LogP contribution in [0, 0.1) is 0 Å². The Balaban J connectivity index is 2.05. The third kappa shape index (κ3) is 5.75. The Bertz CT molecular complexity index is 606. The molecule has 1 unspecified atom stereocenters. The van der Waals surface area contributed by atoms with Crippen LogP contribution in [0.1, 0.15) is 43.5 Å². The average Bonchev–Trinajstić information content (AvgIpc) is 2.79. The number of carbonyl (C=O) groups excluding carboxylic acids is 1. The lowest BCUT2D eigenvalue weighted by molar-refractivity contribution is -0.138. The van der Waals surface area contributed by atoms with Gasteiger partial charge in [-0.3, -0.25) is 14.5 Å². The molecule has 1 amide bonds.